The predicted octanol–water partition coefficient (Wildman–Crippen LogP) is 0.818. The fraction of sp³-hybridized carbons (Fsp3) is 0.111. The summed E-state index contributed by atoms with van der Waals surface area (Å²) in [5.74, 6) is 12.3. The van der Waals surface area contributed by atoms with Crippen LogP contribution in [0.2, 0.25) is 0 Å². The Balaban J connectivity index is 1.98. The first-order valence-corrected chi connectivity index (χ1v) is 7.94. The summed E-state index contributed by atoms with van der Waals surface area (Å²) < 4.78 is 2.04. The molecule has 0 fully saturated rings. The molecule has 0 aliphatic carbocycles. The molecule has 2 aromatic carbocycles. The molecule has 4 aromatic rings. The van der Waals surface area contributed by atoms with Crippen LogP contribution < -0.4 is 22.8 Å². The number of hydrogen-bond donors (Lipinski definition) is 2. The van der Waals surface area contributed by atoms with Crippen LogP contribution >= 0.6 is 0 Å². The zero-order valence-corrected chi connectivity index (χ0v) is 14.2. The van der Waals surface area contributed by atoms with Crippen molar-refractivity contribution in [1.82, 2.24) is 19.3 Å². The van der Waals surface area contributed by atoms with Crippen LogP contribution in [0.1, 0.15) is 11.6 Å². The van der Waals surface area contributed by atoms with Crippen LogP contribution in [-0.2, 0) is 0 Å². The van der Waals surface area contributed by atoms with Crippen molar-refractivity contribution in [2.75, 3.05) is 11.7 Å². The number of benzene rings is 2. The lowest BCUT2D eigenvalue weighted by atomic mass is 10.0. The summed E-state index contributed by atoms with van der Waals surface area (Å²) in [6.45, 7) is 3.34. The maximum Gasteiger partial charge on any atom is 0.279 e. The van der Waals surface area contributed by atoms with Gasteiger partial charge in [-0.25, -0.2) is 19.3 Å². The molecule has 2 heterocycles. The Hall–Kier alpha value is -3.68. The van der Waals surface area contributed by atoms with Gasteiger partial charge in [0.15, 0.2) is 0 Å². The van der Waals surface area contributed by atoms with Gasteiger partial charge in [-0.05, 0) is 49.2 Å². The summed E-state index contributed by atoms with van der Waals surface area (Å²) in [4.78, 5) is 33.4. The third kappa shape index (κ3) is 2.23. The van der Waals surface area contributed by atoms with E-state index in [9.17, 15) is 9.59 Å². The molecule has 0 aliphatic rings. The fourth-order valence-corrected chi connectivity index (χ4v) is 2.98. The Kier molecular flexibility index (Phi) is 3.30. The van der Waals surface area contributed by atoms with Gasteiger partial charge in [0.1, 0.15) is 11.6 Å². The van der Waals surface area contributed by atoms with E-state index in [1.807, 2.05) is 12.1 Å². The van der Waals surface area contributed by atoms with Crippen LogP contribution in [0.3, 0.4) is 0 Å². The van der Waals surface area contributed by atoms with Crippen LogP contribution in [0, 0.1) is 13.8 Å². The summed E-state index contributed by atoms with van der Waals surface area (Å²) >= 11 is 0. The molecule has 8 heteroatoms. The van der Waals surface area contributed by atoms with E-state index in [-0.39, 0.29) is 11.1 Å². The molecule has 0 radical (unpaired) electrons. The maximum atomic E-state index is 12.4. The van der Waals surface area contributed by atoms with Crippen molar-refractivity contribution >= 4 is 21.8 Å². The molecule has 0 atom stereocenters. The molecule has 0 amide bonds. The van der Waals surface area contributed by atoms with Crippen molar-refractivity contribution in [2.45, 2.75) is 13.8 Å². The van der Waals surface area contributed by atoms with Gasteiger partial charge >= 0.3 is 0 Å². The highest BCUT2D eigenvalue weighted by Gasteiger charge is 2.10. The lowest BCUT2D eigenvalue weighted by Gasteiger charge is -2.09. The molecule has 130 valence electrons. The van der Waals surface area contributed by atoms with E-state index in [0.29, 0.717) is 33.5 Å². The standard InChI is InChI=1S/C18H16N6O2/c1-9-21-15-5-3-11(7-13(15)17(25)23(9)19)12-4-6-16-14(8-12)18(26)24(20)10(2)22-16/h3-8H,19-20H2,1-2H3. The third-order valence-corrected chi connectivity index (χ3v) is 4.49. The molecule has 0 unspecified atom stereocenters. The first-order valence-electron chi connectivity index (χ1n) is 7.94. The Bertz CT molecular complexity index is 1220. The van der Waals surface area contributed by atoms with E-state index in [0.717, 1.165) is 20.5 Å². The minimum absolute atomic E-state index is 0.322. The summed E-state index contributed by atoms with van der Waals surface area (Å²) in [5, 5.41) is 0.822. The minimum atomic E-state index is -0.322. The van der Waals surface area contributed by atoms with E-state index in [1.54, 1.807) is 38.1 Å². The van der Waals surface area contributed by atoms with E-state index in [2.05, 4.69) is 9.97 Å². The quantitative estimate of drug-likeness (QED) is 0.491. The van der Waals surface area contributed by atoms with Gasteiger partial charge in [-0.2, -0.15) is 0 Å². The molecular weight excluding hydrogens is 332 g/mol. The molecule has 0 spiro atoms. The van der Waals surface area contributed by atoms with Crippen molar-refractivity contribution in [1.29, 1.82) is 0 Å². The van der Waals surface area contributed by atoms with E-state index < -0.39 is 0 Å². The van der Waals surface area contributed by atoms with Gasteiger partial charge in [-0.15, -0.1) is 0 Å². The van der Waals surface area contributed by atoms with Gasteiger partial charge in [0.2, 0.25) is 0 Å². The average molecular weight is 348 g/mol. The molecule has 2 aromatic heterocycles. The third-order valence-electron chi connectivity index (χ3n) is 4.49. The lowest BCUT2D eigenvalue weighted by molar-refractivity contribution is 0.852. The number of hydrogen-bond acceptors (Lipinski definition) is 6. The van der Waals surface area contributed by atoms with Crippen LogP contribution in [-0.4, -0.2) is 19.3 Å². The Morgan fingerprint density at radius 3 is 1.50 bits per heavy atom. The SMILES string of the molecule is Cc1nc2ccc(-c3ccc4nc(C)n(N)c(=O)c4c3)cc2c(=O)n1N. The van der Waals surface area contributed by atoms with Crippen molar-refractivity contribution in [3.8, 4) is 11.1 Å². The van der Waals surface area contributed by atoms with Crippen LogP contribution in [0.15, 0.2) is 46.0 Å². The first-order chi connectivity index (χ1) is 12.4. The number of nitrogens with two attached hydrogens (primary N) is 2. The second-order valence-electron chi connectivity index (χ2n) is 6.13. The van der Waals surface area contributed by atoms with E-state index in [4.69, 9.17) is 11.7 Å². The smallest absolute Gasteiger partial charge is 0.279 e. The van der Waals surface area contributed by atoms with Crippen molar-refractivity contribution in [3.63, 3.8) is 0 Å². The average Bonchev–Trinajstić information content (AvgIpc) is 2.64. The number of nitrogen functional groups attached to an aromatic ring is 2. The topological polar surface area (TPSA) is 122 Å². The highest BCUT2D eigenvalue weighted by Crippen LogP contribution is 2.24. The normalized spacial score (nSPS) is 11.3. The number of fused-ring (bicyclic) bond motifs is 2. The van der Waals surface area contributed by atoms with Gasteiger partial charge in [-0.1, -0.05) is 12.1 Å². The van der Waals surface area contributed by atoms with Gasteiger partial charge in [0.05, 0.1) is 21.8 Å². The summed E-state index contributed by atoms with van der Waals surface area (Å²) in [7, 11) is 0. The second-order valence-corrected chi connectivity index (χ2v) is 6.13. The molecule has 0 saturated carbocycles. The van der Waals surface area contributed by atoms with Gasteiger partial charge in [0, 0.05) is 0 Å². The van der Waals surface area contributed by atoms with Gasteiger partial charge in [-0.3, -0.25) is 9.59 Å². The molecule has 8 nitrogen and oxygen atoms in total. The number of aryl methyl sites for hydroxylation is 2. The Labute approximate surface area is 147 Å². The molecule has 0 aliphatic heterocycles. The first kappa shape index (κ1) is 15.8. The van der Waals surface area contributed by atoms with Crippen molar-refractivity contribution in [2.24, 2.45) is 0 Å². The van der Waals surface area contributed by atoms with Crippen molar-refractivity contribution in [3.05, 3.63) is 68.8 Å². The van der Waals surface area contributed by atoms with Crippen LogP contribution in [0.4, 0.5) is 0 Å². The predicted molar refractivity (Wildman–Crippen MR) is 101 cm³/mol. The monoisotopic (exact) mass is 348 g/mol. The molecule has 4 N–H and O–H groups in total. The van der Waals surface area contributed by atoms with Gasteiger partial charge in [0.25, 0.3) is 11.1 Å². The van der Waals surface area contributed by atoms with E-state index >= 15 is 0 Å². The number of nitrogens with zero attached hydrogens (tertiary/aromatic N) is 4. The summed E-state index contributed by atoms with van der Waals surface area (Å²) in [6.07, 6.45) is 0. The molecule has 4 rings (SSSR count). The summed E-state index contributed by atoms with van der Waals surface area (Å²) in [5.41, 5.74) is 2.03. The van der Waals surface area contributed by atoms with Crippen molar-refractivity contribution < 1.29 is 0 Å². The molecule has 0 bridgehead atoms. The Morgan fingerprint density at radius 1 is 0.731 bits per heavy atom. The fourth-order valence-electron chi connectivity index (χ4n) is 2.98. The molecule has 26 heavy (non-hydrogen) atoms. The van der Waals surface area contributed by atoms with E-state index in [1.165, 1.54) is 0 Å². The molecule has 0 saturated heterocycles. The largest absolute Gasteiger partial charge is 0.335 e. The number of rotatable bonds is 1. The minimum Gasteiger partial charge on any atom is -0.335 e. The number of aromatic nitrogens is 4. The summed E-state index contributed by atoms with van der Waals surface area (Å²) in [6, 6.07) is 10.7. The highest BCUT2D eigenvalue weighted by atomic mass is 16.1. The maximum absolute atomic E-state index is 12.4. The second kappa shape index (κ2) is 5.41. The molecular formula is C18H16N6O2. The highest BCUT2D eigenvalue weighted by molar-refractivity contribution is 5.88. The zero-order chi connectivity index (χ0) is 18.6. The zero-order valence-electron chi connectivity index (χ0n) is 14.2. The van der Waals surface area contributed by atoms with Gasteiger partial charge < -0.3 is 11.7 Å². The Morgan fingerprint density at radius 2 is 1.12 bits per heavy atom. The van der Waals surface area contributed by atoms with Crippen LogP contribution in [0.25, 0.3) is 32.9 Å². The lowest BCUT2D eigenvalue weighted by Crippen LogP contribution is -2.30. The van der Waals surface area contributed by atoms with Crippen LogP contribution in [0.5, 0.6) is 0 Å².